The molecule has 6 heteroatoms. The lowest BCUT2D eigenvalue weighted by Gasteiger charge is -2.62. The zero-order chi connectivity index (χ0) is 17.3. The molecule has 3 heterocycles. The Kier molecular flexibility index (Phi) is 3.15. The van der Waals surface area contributed by atoms with Gasteiger partial charge in [0.05, 0.1) is 0 Å². The summed E-state index contributed by atoms with van der Waals surface area (Å²) in [5.74, 6) is 4.03. The molecule has 1 aromatic carbocycles. The summed E-state index contributed by atoms with van der Waals surface area (Å²) in [6.45, 7) is 1.95. The van der Waals surface area contributed by atoms with Crippen molar-refractivity contribution in [2.45, 2.75) is 42.0 Å². The van der Waals surface area contributed by atoms with Crippen molar-refractivity contribution in [1.29, 1.82) is 0 Å². The van der Waals surface area contributed by atoms with Crippen LogP contribution in [0.2, 0.25) is 0 Å². The van der Waals surface area contributed by atoms with Gasteiger partial charge in [-0.25, -0.2) is 4.98 Å². The van der Waals surface area contributed by atoms with Crippen molar-refractivity contribution in [3.8, 4) is 0 Å². The van der Waals surface area contributed by atoms with E-state index in [-0.39, 0.29) is 5.54 Å². The van der Waals surface area contributed by atoms with Crippen molar-refractivity contribution in [1.82, 2.24) is 9.97 Å². The van der Waals surface area contributed by atoms with E-state index in [1.165, 1.54) is 24.8 Å². The van der Waals surface area contributed by atoms with E-state index in [0.717, 1.165) is 53.5 Å². The maximum atomic E-state index is 10.4. The highest BCUT2D eigenvalue weighted by molar-refractivity contribution is 7.92. The first-order chi connectivity index (χ1) is 12.7. The molecule has 5 nitrogen and oxygen atoms in total. The molecule has 2 aromatic rings. The molecule has 1 saturated heterocycles. The summed E-state index contributed by atoms with van der Waals surface area (Å²) >= 11 is -0.703. The number of aryl methyl sites for hydroxylation is 1. The average Bonchev–Trinajstić information content (AvgIpc) is 2.91. The number of hydrogen-bond acceptors (Lipinski definition) is 5. The van der Waals surface area contributed by atoms with Crippen molar-refractivity contribution in [3.63, 3.8) is 0 Å². The summed E-state index contributed by atoms with van der Waals surface area (Å²) in [7, 11) is 0. The number of aromatic nitrogens is 2. The Hall–Kier alpha value is -1.79. The summed E-state index contributed by atoms with van der Waals surface area (Å²) in [6.07, 6.45) is 4.66. The molecule has 1 unspecified atom stereocenters. The summed E-state index contributed by atoms with van der Waals surface area (Å²) in [5, 5.41) is 3.71. The monoisotopic (exact) mass is 367 g/mol. The lowest BCUT2D eigenvalue weighted by Crippen LogP contribution is -2.63. The molecule has 2 aliphatic heterocycles. The number of fused-ring (bicyclic) bond motifs is 1. The van der Waals surface area contributed by atoms with Crippen LogP contribution >= 0.6 is 0 Å². The Labute approximate surface area is 156 Å². The first-order valence-corrected chi connectivity index (χ1v) is 10.9. The van der Waals surface area contributed by atoms with Crippen LogP contribution < -0.4 is 10.2 Å². The fraction of sp³-hybridized carbons (Fsp3) is 0.500. The molecule has 4 fully saturated rings. The lowest BCUT2D eigenvalue weighted by atomic mass is 9.50. The second kappa shape index (κ2) is 5.36. The molecule has 0 radical (unpaired) electrons. The Bertz CT molecular complexity index is 851. The summed E-state index contributed by atoms with van der Waals surface area (Å²) in [5.41, 5.74) is 2.71. The van der Waals surface area contributed by atoms with E-state index in [4.69, 9.17) is 9.97 Å². The fourth-order valence-electron chi connectivity index (χ4n) is 4.88. The van der Waals surface area contributed by atoms with Crippen LogP contribution in [0.1, 0.15) is 36.4 Å². The molecule has 2 bridgehead atoms. The molecule has 1 aromatic heterocycles. The first kappa shape index (κ1) is 15.3. The number of rotatable bonds is 4. The van der Waals surface area contributed by atoms with Crippen LogP contribution in [0.4, 0.5) is 11.8 Å². The molecule has 3 aliphatic carbocycles. The van der Waals surface area contributed by atoms with Gasteiger partial charge in [0.2, 0.25) is 5.95 Å². The van der Waals surface area contributed by atoms with Gasteiger partial charge in [-0.1, -0.05) is 30.3 Å². The van der Waals surface area contributed by atoms with Gasteiger partial charge < -0.3 is 10.2 Å². The van der Waals surface area contributed by atoms with Gasteiger partial charge in [0.25, 0.3) is 4.90 Å². The maximum Gasteiger partial charge on any atom is 0.253 e. The van der Waals surface area contributed by atoms with Crippen molar-refractivity contribution >= 4 is 22.9 Å². The molecule has 26 heavy (non-hydrogen) atoms. The molecule has 0 amide bonds. The van der Waals surface area contributed by atoms with Crippen LogP contribution in [0.25, 0.3) is 0 Å². The minimum atomic E-state index is -0.703. The van der Waals surface area contributed by atoms with Crippen LogP contribution in [0, 0.1) is 5.92 Å². The quantitative estimate of drug-likeness (QED) is 0.814. The minimum absolute atomic E-state index is 0.262. The standard InChI is InChI=1S/C20H23N4OS/c25-26-7-6-16-17(26)18(23-20-8-13(9-20)10-20)22-19(21-16)24-11-15(12-24)14-4-2-1-3-5-14/h1-5,13,15,25H,6-12H2,(H,21,22,23)/q+1. The van der Waals surface area contributed by atoms with E-state index in [0.29, 0.717) is 5.92 Å². The molecule has 3 saturated carbocycles. The van der Waals surface area contributed by atoms with Gasteiger partial charge in [-0.15, -0.1) is 0 Å². The third kappa shape index (κ3) is 2.21. The Morgan fingerprint density at radius 2 is 1.88 bits per heavy atom. The van der Waals surface area contributed by atoms with Gasteiger partial charge in [-0.3, -0.25) is 0 Å². The van der Waals surface area contributed by atoms with Gasteiger partial charge in [0.1, 0.15) is 5.69 Å². The van der Waals surface area contributed by atoms with Crippen molar-refractivity contribution < 1.29 is 4.55 Å². The highest BCUT2D eigenvalue weighted by atomic mass is 32.2. The molecule has 134 valence electrons. The Morgan fingerprint density at radius 3 is 2.58 bits per heavy atom. The van der Waals surface area contributed by atoms with E-state index >= 15 is 0 Å². The third-order valence-corrected chi connectivity index (χ3v) is 8.04. The zero-order valence-electron chi connectivity index (χ0n) is 14.7. The van der Waals surface area contributed by atoms with E-state index in [2.05, 4.69) is 40.5 Å². The number of anilines is 2. The van der Waals surface area contributed by atoms with Crippen molar-refractivity contribution in [2.75, 3.05) is 29.1 Å². The predicted octanol–water partition coefficient (Wildman–Crippen LogP) is 3.05. The SMILES string of the molecule is O[S+]1CCc2nc(N3CC(c4ccccc4)C3)nc(NC34CC(C3)C4)c21. The maximum absolute atomic E-state index is 10.4. The number of nitrogens with zero attached hydrogens (tertiary/aromatic N) is 3. The molecule has 0 spiro atoms. The van der Waals surface area contributed by atoms with Gasteiger partial charge in [0, 0.05) is 31.0 Å². The van der Waals surface area contributed by atoms with Crippen molar-refractivity contribution in [3.05, 3.63) is 41.6 Å². The number of hydrogen-bond donors (Lipinski definition) is 2. The first-order valence-electron chi connectivity index (χ1n) is 9.58. The third-order valence-electron chi connectivity index (χ3n) is 6.55. The summed E-state index contributed by atoms with van der Waals surface area (Å²) in [4.78, 5) is 13.0. The van der Waals surface area contributed by atoms with E-state index in [9.17, 15) is 4.55 Å². The smallest absolute Gasteiger partial charge is 0.253 e. The molecular weight excluding hydrogens is 344 g/mol. The number of benzene rings is 1. The van der Waals surface area contributed by atoms with Crippen LogP contribution in [0.3, 0.4) is 0 Å². The highest BCUT2D eigenvalue weighted by Gasteiger charge is 2.57. The summed E-state index contributed by atoms with van der Waals surface area (Å²) < 4.78 is 10.4. The lowest BCUT2D eigenvalue weighted by molar-refractivity contribution is 0.00158. The molecule has 1 atom stereocenters. The van der Waals surface area contributed by atoms with Crippen molar-refractivity contribution in [2.24, 2.45) is 5.92 Å². The number of nitrogens with one attached hydrogen (secondary N) is 1. The molecular formula is C20H23N4OS+. The van der Waals surface area contributed by atoms with Crippen LogP contribution in [-0.2, 0) is 17.6 Å². The molecule has 2 N–H and O–H groups in total. The van der Waals surface area contributed by atoms with E-state index < -0.39 is 11.2 Å². The Balaban J connectivity index is 1.27. The van der Waals surface area contributed by atoms with Gasteiger partial charge >= 0.3 is 0 Å². The molecule has 5 aliphatic rings. The second-order valence-electron chi connectivity index (χ2n) is 8.36. The van der Waals surface area contributed by atoms with Gasteiger partial charge in [-0.05, 0) is 30.7 Å². The average molecular weight is 367 g/mol. The largest absolute Gasteiger partial charge is 0.360 e. The minimum Gasteiger partial charge on any atom is -0.360 e. The van der Waals surface area contributed by atoms with Crippen LogP contribution in [-0.4, -0.2) is 38.9 Å². The second-order valence-corrected chi connectivity index (χ2v) is 9.91. The van der Waals surface area contributed by atoms with Gasteiger partial charge in [0.15, 0.2) is 22.7 Å². The topological polar surface area (TPSA) is 61.3 Å². The predicted molar refractivity (Wildman–Crippen MR) is 104 cm³/mol. The van der Waals surface area contributed by atoms with Crippen LogP contribution in [0.5, 0.6) is 0 Å². The molecule has 7 rings (SSSR count). The van der Waals surface area contributed by atoms with Crippen LogP contribution in [0.15, 0.2) is 35.2 Å². The summed E-state index contributed by atoms with van der Waals surface area (Å²) in [6, 6.07) is 10.7. The zero-order valence-corrected chi connectivity index (χ0v) is 15.5. The highest BCUT2D eigenvalue weighted by Crippen LogP contribution is 2.59. The van der Waals surface area contributed by atoms with E-state index in [1.807, 2.05) is 0 Å². The van der Waals surface area contributed by atoms with Gasteiger partial charge in [-0.2, -0.15) is 9.54 Å². The Morgan fingerprint density at radius 1 is 1.12 bits per heavy atom. The normalized spacial score (nSPS) is 31.7. The fourth-order valence-corrected chi connectivity index (χ4v) is 6.21. The van der Waals surface area contributed by atoms with E-state index in [1.54, 1.807) is 0 Å².